The van der Waals surface area contributed by atoms with Gasteiger partial charge in [-0.25, -0.2) is 0 Å². The van der Waals surface area contributed by atoms with Gasteiger partial charge in [0.15, 0.2) is 11.0 Å². The number of carbonyl (C=O) groups is 1. The van der Waals surface area contributed by atoms with Crippen molar-refractivity contribution in [2.24, 2.45) is 0 Å². The van der Waals surface area contributed by atoms with Gasteiger partial charge in [0.05, 0.1) is 35.0 Å². The van der Waals surface area contributed by atoms with E-state index in [0.717, 1.165) is 11.3 Å². The summed E-state index contributed by atoms with van der Waals surface area (Å²) >= 11 is 26.2. The maximum Gasteiger partial charge on any atom is 0.253 e. The van der Waals surface area contributed by atoms with Crippen LogP contribution in [0, 0.1) is 0 Å². The molecule has 0 aliphatic heterocycles. The summed E-state index contributed by atoms with van der Waals surface area (Å²) in [5, 5.41) is 13.7. The second-order valence-corrected chi connectivity index (χ2v) is 9.91. The molecular formula is C24H18Cl4N4O2S. The van der Waals surface area contributed by atoms with Gasteiger partial charge in [0.1, 0.15) is 5.75 Å². The third-order valence-corrected chi connectivity index (χ3v) is 7.02. The van der Waals surface area contributed by atoms with Crippen molar-refractivity contribution < 1.29 is 9.53 Å². The lowest BCUT2D eigenvalue weighted by atomic mass is 10.2. The number of aromatic nitrogens is 3. The Morgan fingerprint density at radius 3 is 2.43 bits per heavy atom. The predicted octanol–water partition coefficient (Wildman–Crippen LogP) is 7.11. The zero-order chi connectivity index (χ0) is 24.9. The number of benzene rings is 3. The van der Waals surface area contributed by atoms with E-state index in [1.54, 1.807) is 42.0 Å². The summed E-state index contributed by atoms with van der Waals surface area (Å²) in [7, 11) is 1.63. The second kappa shape index (κ2) is 11.5. The Bertz CT molecular complexity index is 1380. The lowest BCUT2D eigenvalue weighted by molar-refractivity contribution is 0.0950. The van der Waals surface area contributed by atoms with Crippen LogP contribution >= 0.6 is 58.2 Å². The lowest BCUT2D eigenvalue weighted by Gasteiger charge is -2.13. The Balaban J connectivity index is 1.61. The number of methoxy groups -OCH3 is 1. The Kier molecular flexibility index (Phi) is 8.46. The summed E-state index contributed by atoms with van der Waals surface area (Å²) in [4.78, 5) is 12.7. The van der Waals surface area contributed by atoms with Crippen molar-refractivity contribution in [2.75, 3.05) is 7.11 Å². The molecule has 35 heavy (non-hydrogen) atoms. The van der Waals surface area contributed by atoms with Gasteiger partial charge in [-0.05, 0) is 54.1 Å². The van der Waals surface area contributed by atoms with Crippen LogP contribution in [0.1, 0.15) is 21.7 Å². The Morgan fingerprint density at radius 2 is 1.71 bits per heavy atom. The first-order valence-corrected chi connectivity index (χ1v) is 12.7. The molecule has 0 unspecified atom stereocenters. The van der Waals surface area contributed by atoms with Gasteiger partial charge < -0.3 is 10.1 Å². The number of ether oxygens (including phenoxy) is 1. The van der Waals surface area contributed by atoms with Gasteiger partial charge in [-0.1, -0.05) is 70.3 Å². The van der Waals surface area contributed by atoms with Crippen LogP contribution in [0.2, 0.25) is 20.1 Å². The van der Waals surface area contributed by atoms with E-state index < -0.39 is 0 Å². The zero-order valence-corrected chi connectivity index (χ0v) is 22.1. The molecule has 4 aromatic rings. The number of nitrogens with one attached hydrogen (secondary N) is 1. The standard InChI is InChI=1S/C24H18Cl4N4O2S/c1-34-17-4-2-3-14(9-17)13-35-24-31-30-22(32(24)21-8-6-16(26)11-20(21)28)12-29-23(33)18-7-5-15(25)10-19(18)27/h2-11H,12-13H2,1H3,(H,29,33). The molecule has 0 saturated carbocycles. The van der Waals surface area contributed by atoms with Crippen LogP contribution in [-0.4, -0.2) is 27.8 Å². The van der Waals surface area contributed by atoms with E-state index in [1.165, 1.54) is 17.8 Å². The normalized spacial score (nSPS) is 10.9. The number of hydrogen-bond acceptors (Lipinski definition) is 5. The molecule has 3 aromatic carbocycles. The molecule has 0 radical (unpaired) electrons. The molecule has 4 rings (SSSR count). The highest BCUT2D eigenvalue weighted by Crippen LogP contribution is 2.31. The van der Waals surface area contributed by atoms with Crippen LogP contribution in [-0.2, 0) is 12.3 Å². The molecule has 11 heteroatoms. The summed E-state index contributed by atoms with van der Waals surface area (Å²) in [5.74, 6) is 1.51. The molecule has 6 nitrogen and oxygen atoms in total. The molecule has 0 aliphatic carbocycles. The number of carbonyl (C=O) groups excluding carboxylic acids is 1. The van der Waals surface area contributed by atoms with Crippen molar-refractivity contribution in [3.8, 4) is 11.4 Å². The number of nitrogens with zero attached hydrogens (tertiary/aromatic N) is 3. The molecule has 1 aromatic heterocycles. The van der Waals surface area contributed by atoms with Gasteiger partial charge in [0, 0.05) is 15.8 Å². The van der Waals surface area contributed by atoms with Gasteiger partial charge >= 0.3 is 0 Å². The fourth-order valence-electron chi connectivity index (χ4n) is 3.25. The highest BCUT2D eigenvalue weighted by molar-refractivity contribution is 7.98. The third-order valence-electron chi connectivity index (χ3n) is 4.94. The number of thioether (sulfide) groups is 1. The molecule has 0 bridgehead atoms. The van der Waals surface area contributed by atoms with Crippen molar-refractivity contribution in [3.05, 3.63) is 97.7 Å². The SMILES string of the molecule is COc1cccc(CSc2nnc(CNC(=O)c3ccc(Cl)cc3Cl)n2-c2ccc(Cl)cc2Cl)c1. The average molecular weight is 568 g/mol. The maximum absolute atomic E-state index is 12.7. The van der Waals surface area contributed by atoms with Crippen LogP contribution in [0.5, 0.6) is 5.75 Å². The van der Waals surface area contributed by atoms with Crippen molar-refractivity contribution in [2.45, 2.75) is 17.5 Å². The van der Waals surface area contributed by atoms with Crippen molar-refractivity contribution in [1.29, 1.82) is 0 Å². The molecule has 0 atom stereocenters. The Hall–Kier alpha value is -2.42. The quantitative estimate of drug-likeness (QED) is 0.230. The number of amides is 1. The van der Waals surface area contributed by atoms with Crippen molar-refractivity contribution >= 4 is 64.1 Å². The molecule has 1 N–H and O–H groups in total. The molecular weight excluding hydrogens is 550 g/mol. The lowest BCUT2D eigenvalue weighted by Crippen LogP contribution is -2.25. The summed E-state index contributed by atoms with van der Waals surface area (Å²) in [6.45, 7) is 0.0868. The monoisotopic (exact) mass is 566 g/mol. The van der Waals surface area contributed by atoms with Crippen LogP contribution in [0.4, 0.5) is 0 Å². The van der Waals surface area contributed by atoms with Gasteiger partial charge in [0.25, 0.3) is 5.91 Å². The van der Waals surface area contributed by atoms with E-state index in [4.69, 9.17) is 51.1 Å². The van der Waals surface area contributed by atoms with E-state index in [2.05, 4.69) is 15.5 Å². The first-order valence-electron chi connectivity index (χ1n) is 10.2. The highest BCUT2D eigenvalue weighted by atomic mass is 35.5. The second-order valence-electron chi connectivity index (χ2n) is 7.28. The topological polar surface area (TPSA) is 69.0 Å². The van der Waals surface area contributed by atoms with Crippen LogP contribution < -0.4 is 10.1 Å². The van der Waals surface area contributed by atoms with Crippen molar-refractivity contribution in [3.63, 3.8) is 0 Å². The Morgan fingerprint density at radius 1 is 0.971 bits per heavy atom. The fourth-order valence-corrected chi connectivity index (χ4v) is 5.15. The summed E-state index contributed by atoms with van der Waals surface area (Å²) < 4.78 is 7.11. The van der Waals surface area contributed by atoms with Crippen LogP contribution in [0.25, 0.3) is 5.69 Å². The van der Waals surface area contributed by atoms with Crippen molar-refractivity contribution in [1.82, 2.24) is 20.1 Å². The first-order chi connectivity index (χ1) is 16.9. The van der Waals surface area contributed by atoms with Gasteiger partial charge in [-0.3, -0.25) is 9.36 Å². The summed E-state index contributed by atoms with van der Waals surface area (Å²) in [5.41, 5.74) is 2.00. The molecule has 0 spiro atoms. The van der Waals surface area contributed by atoms with E-state index in [1.807, 2.05) is 24.3 Å². The molecule has 180 valence electrons. The minimum absolute atomic E-state index is 0.0868. The van der Waals surface area contributed by atoms with Gasteiger partial charge in [-0.15, -0.1) is 10.2 Å². The summed E-state index contributed by atoms with van der Waals surface area (Å²) in [6.07, 6.45) is 0. The zero-order valence-electron chi connectivity index (χ0n) is 18.3. The number of halogens is 4. The highest BCUT2D eigenvalue weighted by Gasteiger charge is 2.19. The largest absolute Gasteiger partial charge is 0.497 e. The summed E-state index contributed by atoms with van der Waals surface area (Å²) in [6, 6.07) is 17.6. The van der Waals surface area contributed by atoms with Crippen LogP contribution in [0.15, 0.2) is 65.8 Å². The van der Waals surface area contributed by atoms with Crippen LogP contribution in [0.3, 0.4) is 0 Å². The van der Waals surface area contributed by atoms with E-state index >= 15 is 0 Å². The molecule has 0 fully saturated rings. The van der Waals surface area contributed by atoms with E-state index in [0.29, 0.717) is 43.1 Å². The molecule has 0 aliphatic rings. The Labute approximate surface area is 226 Å². The third kappa shape index (κ3) is 6.23. The van der Waals surface area contributed by atoms with E-state index in [9.17, 15) is 4.79 Å². The smallest absolute Gasteiger partial charge is 0.253 e. The number of rotatable bonds is 8. The number of hydrogen-bond donors (Lipinski definition) is 1. The molecule has 1 heterocycles. The average Bonchev–Trinajstić information content (AvgIpc) is 3.24. The first kappa shape index (κ1) is 25.7. The fraction of sp³-hybridized carbons (Fsp3) is 0.125. The minimum atomic E-state index is -0.367. The van der Waals surface area contributed by atoms with E-state index in [-0.39, 0.29) is 17.5 Å². The maximum atomic E-state index is 12.7. The molecule has 1 amide bonds. The predicted molar refractivity (Wildman–Crippen MR) is 142 cm³/mol. The van der Waals surface area contributed by atoms with Gasteiger partial charge in [-0.2, -0.15) is 0 Å². The minimum Gasteiger partial charge on any atom is -0.497 e. The van der Waals surface area contributed by atoms with Gasteiger partial charge in [0.2, 0.25) is 0 Å². The molecule has 0 saturated heterocycles.